The van der Waals surface area contributed by atoms with Crippen LogP contribution >= 0.6 is 24.8 Å². The van der Waals surface area contributed by atoms with Crippen LogP contribution in [0.1, 0.15) is 10.4 Å². The monoisotopic (exact) mass is 306 g/mol. The molecular formula is C13H20Cl2N2O2. The molecule has 0 unspecified atom stereocenters. The summed E-state index contributed by atoms with van der Waals surface area (Å²) in [6, 6.07) is 7.29. The first-order chi connectivity index (χ1) is 8.29. The van der Waals surface area contributed by atoms with Crippen molar-refractivity contribution in [3.05, 3.63) is 29.8 Å². The normalized spacial score (nSPS) is 15.0. The van der Waals surface area contributed by atoms with Gasteiger partial charge in [-0.25, -0.2) is 0 Å². The van der Waals surface area contributed by atoms with Gasteiger partial charge in [0.2, 0.25) is 0 Å². The summed E-state index contributed by atoms with van der Waals surface area (Å²) in [6.07, 6.45) is 0. The van der Waals surface area contributed by atoms with E-state index in [1.807, 2.05) is 24.3 Å². The van der Waals surface area contributed by atoms with Gasteiger partial charge in [-0.15, -0.1) is 24.8 Å². The van der Waals surface area contributed by atoms with Crippen molar-refractivity contribution in [3.8, 4) is 5.75 Å². The molecule has 1 aliphatic rings. The Labute approximate surface area is 126 Å². The predicted octanol–water partition coefficient (Wildman–Crippen LogP) is 1.63. The number of nitrogens with one attached hydrogen (secondary N) is 1. The van der Waals surface area contributed by atoms with Gasteiger partial charge >= 0.3 is 0 Å². The lowest BCUT2D eigenvalue weighted by Gasteiger charge is -2.26. The number of carbonyl (C=O) groups excluding carboxylic acids is 1. The minimum absolute atomic E-state index is 0. The molecule has 0 aromatic heterocycles. The molecule has 1 N–H and O–H groups in total. The number of Topliss-reactive ketones (excluding diaryl/α,β-unsaturated/α-hetero) is 1. The van der Waals surface area contributed by atoms with E-state index in [0.29, 0.717) is 6.54 Å². The summed E-state index contributed by atoms with van der Waals surface area (Å²) in [7, 11) is 1.62. The van der Waals surface area contributed by atoms with Gasteiger partial charge in [-0.2, -0.15) is 0 Å². The maximum atomic E-state index is 12.0. The number of ether oxygens (including phenoxy) is 1. The molecule has 0 aliphatic carbocycles. The molecule has 0 bridgehead atoms. The van der Waals surface area contributed by atoms with Crippen molar-refractivity contribution in [2.45, 2.75) is 0 Å². The largest absolute Gasteiger partial charge is 0.497 e. The first kappa shape index (κ1) is 18.2. The van der Waals surface area contributed by atoms with Crippen LogP contribution in [0, 0.1) is 0 Å². The SMILES string of the molecule is COc1ccc(C(=O)CN2CCNCC2)cc1.Cl.Cl. The van der Waals surface area contributed by atoms with E-state index in [4.69, 9.17) is 4.74 Å². The lowest BCUT2D eigenvalue weighted by molar-refractivity contribution is 0.0921. The molecular weight excluding hydrogens is 287 g/mol. The average Bonchev–Trinajstić information content (AvgIpc) is 2.40. The van der Waals surface area contributed by atoms with E-state index in [1.54, 1.807) is 7.11 Å². The van der Waals surface area contributed by atoms with Crippen molar-refractivity contribution < 1.29 is 9.53 Å². The van der Waals surface area contributed by atoms with Crippen LogP contribution in [0.25, 0.3) is 0 Å². The number of nitrogens with zero attached hydrogens (tertiary/aromatic N) is 1. The van der Waals surface area contributed by atoms with Crippen molar-refractivity contribution in [2.75, 3.05) is 39.8 Å². The highest BCUT2D eigenvalue weighted by atomic mass is 35.5. The zero-order chi connectivity index (χ0) is 12.1. The van der Waals surface area contributed by atoms with Gasteiger partial charge in [-0.05, 0) is 24.3 Å². The number of hydrogen-bond acceptors (Lipinski definition) is 4. The molecule has 108 valence electrons. The van der Waals surface area contributed by atoms with Crippen molar-refractivity contribution in [2.24, 2.45) is 0 Å². The van der Waals surface area contributed by atoms with Crippen LogP contribution in [-0.2, 0) is 0 Å². The lowest BCUT2D eigenvalue weighted by Crippen LogP contribution is -2.45. The molecule has 0 saturated carbocycles. The molecule has 0 spiro atoms. The number of halogens is 2. The number of methoxy groups -OCH3 is 1. The Morgan fingerprint density at radius 2 is 1.79 bits per heavy atom. The Hall–Kier alpha value is -0.810. The maximum Gasteiger partial charge on any atom is 0.176 e. The highest BCUT2D eigenvalue weighted by molar-refractivity contribution is 5.97. The summed E-state index contributed by atoms with van der Waals surface area (Å²) in [5, 5.41) is 3.27. The molecule has 19 heavy (non-hydrogen) atoms. The van der Waals surface area contributed by atoms with E-state index >= 15 is 0 Å². The fourth-order valence-electron chi connectivity index (χ4n) is 1.94. The molecule has 0 radical (unpaired) electrons. The van der Waals surface area contributed by atoms with Gasteiger partial charge in [0.1, 0.15) is 5.75 Å². The van der Waals surface area contributed by atoms with E-state index in [1.165, 1.54) is 0 Å². The minimum Gasteiger partial charge on any atom is -0.497 e. The molecule has 1 aromatic carbocycles. The number of piperazine rings is 1. The Balaban J connectivity index is 0.00000162. The van der Waals surface area contributed by atoms with E-state index in [2.05, 4.69) is 10.2 Å². The molecule has 2 rings (SSSR count). The van der Waals surface area contributed by atoms with Gasteiger partial charge in [-0.1, -0.05) is 0 Å². The Kier molecular flexibility index (Phi) is 8.76. The lowest BCUT2D eigenvalue weighted by atomic mass is 10.1. The van der Waals surface area contributed by atoms with Crippen LogP contribution in [0.5, 0.6) is 5.75 Å². The van der Waals surface area contributed by atoms with Gasteiger partial charge in [0.15, 0.2) is 5.78 Å². The van der Waals surface area contributed by atoms with Crippen LogP contribution in [0.15, 0.2) is 24.3 Å². The van der Waals surface area contributed by atoms with Gasteiger partial charge < -0.3 is 10.1 Å². The van der Waals surface area contributed by atoms with Gasteiger partial charge in [0, 0.05) is 31.7 Å². The van der Waals surface area contributed by atoms with Crippen molar-refractivity contribution >= 4 is 30.6 Å². The third kappa shape index (κ3) is 5.37. The van der Waals surface area contributed by atoms with Crippen molar-refractivity contribution in [1.82, 2.24) is 10.2 Å². The van der Waals surface area contributed by atoms with Gasteiger partial charge in [-0.3, -0.25) is 9.69 Å². The summed E-state index contributed by atoms with van der Waals surface area (Å²) in [5.41, 5.74) is 0.754. The highest BCUT2D eigenvalue weighted by Gasteiger charge is 2.14. The summed E-state index contributed by atoms with van der Waals surface area (Å²) in [5.74, 6) is 0.957. The van der Waals surface area contributed by atoms with Crippen LogP contribution in [0.4, 0.5) is 0 Å². The minimum atomic E-state index is 0. The average molecular weight is 307 g/mol. The molecule has 1 heterocycles. The zero-order valence-corrected chi connectivity index (χ0v) is 12.6. The van der Waals surface area contributed by atoms with Crippen LogP contribution in [0.3, 0.4) is 0 Å². The first-order valence-electron chi connectivity index (χ1n) is 5.90. The molecule has 1 aliphatic heterocycles. The standard InChI is InChI=1S/C13H18N2O2.2ClH/c1-17-12-4-2-11(3-5-12)13(16)10-15-8-6-14-7-9-15;;/h2-5,14H,6-10H2,1H3;2*1H. The summed E-state index contributed by atoms with van der Waals surface area (Å²) >= 11 is 0. The predicted molar refractivity (Wildman–Crippen MR) is 81.1 cm³/mol. The third-order valence-corrected chi connectivity index (χ3v) is 2.99. The van der Waals surface area contributed by atoms with Gasteiger partial charge in [0.25, 0.3) is 0 Å². The molecule has 1 aromatic rings. The maximum absolute atomic E-state index is 12.0. The zero-order valence-electron chi connectivity index (χ0n) is 10.9. The first-order valence-corrected chi connectivity index (χ1v) is 5.90. The van der Waals surface area contributed by atoms with E-state index in [0.717, 1.165) is 37.5 Å². The fourth-order valence-corrected chi connectivity index (χ4v) is 1.94. The number of rotatable bonds is 4. The number of carbonyl (C=O) groups is 1. The number of ketones is 1. The number of hydrogen-bond donors (Lipinski definition) is 1. The second kappa shape index (κ2) is 9.15. The summed E-state index contributed by atoms with van der Waals surface area (Å²) in [4.78, 5) is 14.2. The van der Waals surface area contributed by atoms with Crippen LogP contribution in [-0.4, -0.2) is 50.5 Å². The summed E-state index contributed by atoms with van der Waals surface area (Å²) < 4.78 is 5.07. The molecule has 4 nitrogen and oxygen atoms in total. The number of benzene rings is 1. The molecule has 0 amide bonds. The Bertz CT molecular complexity index is 379. The Morgan fingerprint density at radius 1 is 1.21 bits per heavy atom. The van der Waals surface area contributed by atoms with Crippen LogP contribution < -0.4 is 10.1 Å². The smallest absolute Gasteiger partial charge is 0.176 e. The van der Waals surface area contributed by atoms with E-state index < -0.39 is 0 Å². The van der Waals surface area contributed by atoms with Gasteiger partial charge in [0.05, 0.1) is 13.7 Å². The quantitative estimate of drug-likeness (QED) is 0.859. The summed E-state index contributed by atoms with van der Waals surface area (Å²) in [6.45, 7) is 4.34. The topological polar surface area (TPSA) is 41.6 Å². The second-order valence-corrected chi connectivity index (χ2v) is 4.18. The molecule has 6 heteroatoms. The highest BCUT2D eigenvalue weighted by Crippen LogP contribution is 2.12. The Morgan fingerprint density at radius 3 is 2.32 bits per heavy atom. The van der Waals surface area contributed by atoms with E-state index in [-0.39, 0.29) is 30.6 Å². The fraction of sp³-hybridized carbons (Fsp3) is 0.462. The third-order valence-electron chi connectivity index (χ3n) is 2.99. The van der Waals surface area contributed by atoms with Crippen molar-refractivity contribution in [3.63, 3.8) is 0 Å². The van der Waals surface area contributed by atoms with E-state index in [9.17, 15) is 4.79 Å². The molecule has 1 fully saturated rings. The second-order valence-electron chi connectivity index (χ2n) is 4.18. The molecule has 0 atom stereocenters. The van der Waals surface area contributed by atoms with Crippen molar-refractivity contribution in [1.29, 1.82) is 0 Å². The van der Waals surface area contributed by atoms with Crippen LogP contribution in [0.2, 0.25) is 0 Å². The molecule has 1 saturated heterocycles.